The number of carbonyl (C=O) groups excluding carboxylic acids is 2. The van der Waals surface area contributed by atoms with Crippen LogP contribution in [-0.4, -0.2) is 115 Å². The number of rotatable bonds is 17. The molecule has 46 heavy (non-hydrogen) atoms. The quantitative estimate of drug-likeness (QED) is 0.179. The third kappa shape index (κ3) is 8.14. The second-order valence-corrected chi connectivity index (χ2v) is 15.8. The molecule has 2 saturated heterocycles. The largest absolute Gasteiger partial charge is 0.395 e. The molecule has 2 heterocycles. The van der Waals surface area contributed by atoms with Crippen LogP contribution in [0.25, 0.3) is 0 Å². The van der Waals surface area contributed by atoms with Crippen LogP contribution < -0.4 is 0 Å². The Hall–Kier alpha value is -1.22. The molecular weight excluding hydrogens is 576 g/mol. The lowest BCUT2D eigenvalue weighted by atomic mass is 9.66. The summed E-state index contributed by atoms with van der Waals surface area (Å²) in [6, 6.07) is 0.351. The van der Waals surface area contributed by atoms with Crippen molar-refractivity contribution < 1.29 is 19.8 Å². The van der Waals surface area contributed by atoms with Gasteiger partial charge >= 0.3 is 0 Å². The lowest BCUT2D eigenvalue weighted by Gasteiger charge is -2.62. The predicted octanol–water partition coefficient (Wildman–Crippen LogP) is 6.32. The van der Waals surface area contributed by atoms with Gasteiger partial charge in [0.05, 0.1) is 13.2 Å². The van der Waals surface area contributed by atoms with Crippen molar-refractivity contribution in [3.05, 3.63) is 0 Å². The molecule has 0 aromatic rings. The molecule has 2 amide bonds. The van der Waals surface area contributed by atoms with Crippen LogP contribution in [0, 0.1) is 11.8 Å². The van der Waals surface area contributed by atoms with E-state index >= 15 is 0 Å². The molecule has 8 atom stereocenters. The Bertz CT molecular complexity index is 904. The van der Waals surface area contributed by atoms with Crippen LogP contribution in [-0.2, 0) is 9.59 Å². The number of unbranched alkanes of at least 4 members (excludes halogenated alkanes) is 3. The van der Waals surface area contributed by atoms with Crippen LogP contribution >= 0.6 is 0 Å². The summed E-state index contributed by atoms with van der Waals surface area (Å²) in [4.78, 5) is 35.6. The Labute approximate surface area is 283 Å². The molecule has 0 aliphatic carbocycles. The zero-order valence-electron chi connectivity index (χ0n) is 32.1. The van der Waals surface area contributed by atoms with Crippen molar-refractivity contribution >= 4 is 11.8 Å². The van der Waals surface area contributed by atoms with Crippen molar-refractivity contribution in [3.63, 3.8) is 0 Å². The van der Waals surface area contributed by atoms with Gasteiger partial charge < -0.3 is 20.0 Å². The molecule has 0 saturated carbocycles. The topological polar surface area (TPSA) is 87.6 Å². The Morgan fingerprint density at radius 3 is 1.20 bits per heavy atom. The molecule has 8 nitrogen and oxygen atoms in total. The van der Waals surface area contributed by atoms with E-state index < -0.39 is 0 Å². The number of piperidine rings is 2. The van der Waals surface area contributed by atoms with Crippen molar-refractivity contribution in [2.45, 2.75) is 182 Å². The van der Waals surface area contributed by atoms with Crippen LogP contribution in [0.3, 0.4) is 0 Å². The van der Waals surface area contributed by atoms with Crippen LogP contribution in [0.2, 0.25) is 0 Å². The first kappa shape index (κ1) is 41.0. The monoisotopic (exact) mass is 651 g/mol. The SMILES string of the molecule is CCC1(C)CC(N(CCCCCCN(C(C)=O)C2CC(C)(CC)N(CCO)C(C)(CC)C2C)C(C)=O)C(C)C(C)(CC)N1CCO. The van der Waals surface area contributed by atoms with Crippen molar-refractivity contribution in [1.29, 1.82) is 0 Å². The van der Waals surface area contributed by atoms with Crippen molar-refractivity contribution in [1.82, 2.24) is 19.6 Å². The van der Waals surface area contributed by atoms with Gasteiger partial charge in [0.2, 0.25) is 11.8 Å². The average Bonchev–Trinajstić information content (AvgIpc) is 3.02. The van der Waals surface area contributed by atoms with Gasteiger partial charge in [-0.2, -0.15) is 0 Å². The van der Waals surface area contributed by atoms with E-state index in [1.807, 2.05) is 0 Å². The van der Waals surface area contributed by atoms with Gasteiger partial charge in [-0.15, -0.1) is 0 Å². The van der Waals surface area contributed by atoms with Crippen molar-refractivity contribution in [2.24, 2.45) is 11.8 Å². The molecule has 270 valence electrons. The Balaban J connectivity index is 2.09. The summed E-state index contributed by atoms with van der Waals surface area (Å²) in [6.07, 6.45) is 9.78. The maximum absolute atomic E-state index is 13.1. The average molecular weight is 651 g/mol. The zero-order valence-corrected chi connectivity index (χ0v) is 32.1. The van der Waals surface area contributed by atoms with Crippen molar-refractivity contribution in [2.75, 3.05) is 39.4 Å². The van der Waals surface area contributed by atoms with Gasteiger partial charge in [-0.3, -0.25) is 19.4 Å². The van der Waals surface area contributed by atoms with E-state index in [0.29, 0.717) is 24.9 Å². The smallest absolute Gasteiger partial charge is 0.219 e. The second-order valence-electron chi connectivity index (χ2n) is 15.8. The number of aliphatic hydroxyl groups excluding tert-OH is 2. The van der Waals surface area contributed by atoms with Crippen LogP contribution in [0.1, 0.15) is 147 Å². The first-order valence-corrected chi connectivity index (χ1v) is 18.8. The number of amides is 2. The molecule has 0 bridgehead atoms. The van der Waals surface area contributed by atoms with Gasteiger partial charge in [0.15, 0.2) is 0 Å². The molecule has 2 aliphatic heterocycles. The molecule has 2 N–H and O–H groups in total. The molecule has 8 unspecified atom stereocenters. The van der Waals surface area contributed by atoms with Gasteiger partial charge in [-0.05, 0) is 90.9 Å². The third-order valence-corrected chi connectivity index (χ3v) is 13.7. The summed E-state index contributed by atoms with van der Waals surface area (Å²) in [7, 11) is 0. The van der Waals surface area contributed by atoms with E-state index in [1.54, 1.807) is 13.8 Å². The highest BCUT2D eigenvalue weighted by molar-refractivity contribution is 5.74. The maximum Gasteiger partial charge on any atom is 0.219 e. The first-order valence-electron chi connectivity index (χ1n) is 18.8. The van der Waals surface area contributed by atoms with Crippen LogP contribution in [0.5, 0.6) is 0 Å². The summed E-state index contributed by atoms with van der Waals surface area (Å²) in [5.41, 5.74) is -0.316. The highest BCUT2D eigenvalue weighted by Crippen LogP contribution is 2.48. The van der Waals surface area contributed by atoms with Gasteiger partial charge in [0.25, 0.3) is 0 Å². The molecule has 0 radical (unpaired) electrons. The summed E-state index contributed by atoms with van der Waals surface area (Å²) in [5, 5.41) is 19.8. The summed E-state index contributed by atoms with van der Waals surface area (Å²) < 4.78 is 0. The minimum Gasteiger partial charge on any atom is -0.395 e. The van der Waals surface area contributed by atoms with Crippen LogP contribution in [0.4, 0.5) is 0 Å². The Kier molecular flexibility index (Phi) is 15.1. The van der Waals surface area contributed by atoms with E-state index in [4.69, 9.17) is 0 Å². The summed E-state index contributed by atoms with van der Waals surface area (Å²) >= 11 is 0. The predicted molar refractivity (Wildman–Crippen MR) is 191 cm³/mol. The second kappa shape index (κ2) is 16.9. The van der Waals surface area contributed by atoms with E-state index in [9.17, 15) is 19.8 Å². The number of nitrogens with zero attached hydrogens (tertiary/aromatic N) is 4. The number of likely N-dealkylation sites (tertiary alicyclic amines) is 2. The third-order valence-electron chi connectivity index (χ3n) is 13.7. The molecule has 2 fully saturated rings. The summed E-state index contributed by atoms with van der Waals surface area (Å²) in [6.45, 7) is 29.5. The number of aliphatic hydroxyl groups is 2. The zero-order chi connectivity index (χ0) is 35.1. The van der Waals surface area contributed by atoms with Gasteiger partial charge in [-0.25, -0.2) is 0 Å². The molecule has 2 rings (SSSR count). The number of hydrogen-bond acceptors (Lipinski definition) is 6. The fraction of sp³-hybridized carbons (Fsp3) is 0.947. The number of carbonyl (C=O) groups is 2. The fourth-order valence-corrected chi connectivity index (χ4v) is 9.77. The number of β-amino-alcohol motifs (C(OH)–C–C–N with tert-alkyl or cyclic N) is 2. The highest BCUT2D eigenvalue weighted by Gasteiger charge is 2.55. The normalized spacial score (nSPS) is 35.7. The van der Waals surface area contributed by atoms with E-state index in [2.05, 4.69) is 88.8 Å². The molecule has 0 aromatic heterocycles. The minimum absolute atomic E-state index is 0.0679. The minimum atomic E-state index is -0.0899. The van der Waals surface area contributed by atoms with Gasteiger partial charge in [0.1, 0.15) is 0 Å². The Morgan fingerprint density at radius 1 is 0.630 bits per heavy atom. The van der Waals surface area contributed by atoms with E-state index in [1.165, 1.54) is 0 Å². The maximum atomic E-state index is 13.1. The molecule has 0 aromatic carbocycles. The van der Waals surface area contributed by atoms with Crippen molar-refractivity contribution in [3.8, 4) is 0 Å². The lowest BCUT2D eigenvalue weighted by Crippen LogP contribution is -2.70. The standard InChI is InChI=1S/C38H74N4O4/c1-13-35(9)27-33(29(5)37(11,15-3)41(35)23-25-43)39(31(7)45)21-19-17-18-20-22-40(32(8)46)34-28-36(10,14-2)42(24-26-44)38(12,16-4)30(34)6/h29-30,33-34,43-44H,13-28H2,1-12H3. The molecular formula is C38H74N4O4. The van der Waals surface area contributed by atoms with Gasteiger partial charge in [-0.1, -0.05) is 54.4 Å². The fourth-order valence-electron chi connectivity index (χ4n) is 9.77. The lowest BCUT2D eigenvalue weighted by molar-refractivity contribution is -0.150. The van der Waals surface area contributed by atoms with E-state index in [-0.39, 0.29) is 59.3 Å². The molecule has 8 heteroatoms. The van der Waals surface area contributed by atoms with Crippen LogP contribution in [0.15, 0.2) is 0 Å². The molecule has 0 spiro atoms. The first-order chi connectivity index (χ1) is 21.5. The summed E-state index contributed by atoms with van der Waals surface area (Å²) in [5.74, 6) is 0.911. The van der Waals surface area contributed by atoms with E-state index in [0.717, 1.165) is 77.3 Å². The van der Waals surface area contributed by atoms with Gasteiger partial charge in [0, 0.05) is 74.3 Å². The number of hydrogen-bond donors (Lipinski definition) is 2. The molecule has 2 aliphatic rings. The highest BCUT2D eigenvalue weighted by atomic mass is 16.3. The Morgan fingerprint density at radius 2 is 0.957 bits per heavy atom.